The Morgan fingerprint density at radius 2 is 1.47 bits per heavy atom. The first-order valence-electron chi connectivity index (χ1n) is 6.67. The molecule has 2 aromatic rings. The fourth-order valence-electron chi connectivity index (χ4n) is 2.35. The molecule has 2 aromatic carbocycles. The summed E-state index contributed by atoms with van der Waals surface area (Å²) in [5.74, 6) is 0.839. The maximum absolute atomic E-state index is 13.0. The van der Waals surface area contributed by atoms with Crippen LogP contribution in [0.5, 0.6) is 0 Å². The first kappa shape index (κ1) is 14.1. The molecule has 1 atom stereocenters. The zero-order valence-corrected chi connectivity index (χ0v) is 11.6. The Morgan fingerprint density at radius 3 is 2.11 bits per heavy atom. The van der Waals surface area contributed by atoms with Gasteiger partial charge in [-0.25, -0.2) is 4.39 Å². The van der Waals surface area contributed by atoms with Gasteiger partial charge in [0.15, 0.2) is 0 Å². The fraction of sp³-hybridized carbons (Fsp3) is 0.294. The topological polar surface area (TPSA) is 0 Å². The highest BCUT2D eigenvalue weighted by molar-refractivity contribution is 6.17. The van der Waals surface area contributed by atoms with Gasteiger partial charge in [-0.05, 0) is 36.1 Å². The molecule has 19 heavy (non-hydrogen) atoms. The summed E-state index contributed by atoms with van der Waals surface area (Å²) in [6.45, 7) is 0. The standard InChI is InChI=1S/C17H18ClF/c18-13-5-4-8-17(14-6-2-1-3-7-14)15-9-11-16(19)12-10-15/h1-3,6-7,9-12,17H,4-5,8,13H2. The van der Waals surface area contributed by atoms with E-state index >= 15 is 0 Å². The van der Waals surface area contributed by atoms with Gasteiger partial charge in [0, 0.05) is 11.8 Å². The van der Waals surface area contributed by atoms with Gasteiger partial charge >= 0.3 is 0 Å². The lowest BCUT2D eigenvalue weighted by Gasteiger charge is -2.18. The number of hydrogen-bond acceptors (Lipinski definition) is 0. The minimum atomic E-state index is -0.184. The van der Waals surface area contributed by atoms with Crippen molar-refractivity contribution in [2.75, 3.05) is 5.88 Å². The van der Waals surface area contributed by atoms with E-state index in [0.717, 1.165) is 19.3 Å². The number of benzene rings is 2. The molecule has 2 rings (SSSR count). The largest absolute Gasteiger partial charge is 0.207 e. The van der Waals surface area contributed by atoms with Crippen LogP contribution in [0.4, 0.5) is 4.39 Å². The van der Waals surface area contributed by atoms with Crippen LogP contribution in [0.3, 0.4) is 0 Å². The van der Waals surface area contributed by atoms with E-state index < -0.39 is 0 Å². The zero-order valence-electron chi connectivity index (χ0n) is 10.9. The van der Waals surface area contributed by atoms with Crippen LogP contribution < -0.4 is 0 Å². The Hall–Kier alpha value is -1.34. The van der Waals surface area contributed by atoms with Gasteiger partial charge in [0.05, 0.1) is 0 Å². The van der Waals surface area contributed by atoms with Crippen LogP contribution in [-0.4, -0.2) is 5.88 Å². The normalized spacial score (nSPS) is 12.3. The molecule has 0 bridgehead atoms. The van der Waals surface area contributed by atoms with Crippen molar-refractivity contribution in [1.82, 2.24) is 0 Å². The van der Waals surface area contributed by atoms with Crippen LogP contribution in [0.1, 0.15) is 36.3 Å². The molecule has 2 heteroatoms. The van der Waals surface area contributed by atoms with Gasteiger partial charge in [-0.2, -0.15) is 0 Å². The molecule has 0 nitrogen and oxygen atoms in total. The second-order valence-corrected chi connectivity index (χ2v) is 5.08. The number of halogens is 2. The lowest BCUT2D eigenvalue weighted by molar-refractivity contribution is 0.621. The fourth-order valence-corrected chi connectivity index (χ4v) is 2.54. The highest BCUT2D eigenvalue weighted by atomic mass is 35.5. The molecule has 0 saturated heterocycles. The SMILES string of the molecule is Fc1ccc(C(CCCCCl)c2ccccc2)cc1. The number of rotatable bonds is 6. The highest BCUT2D eigenvalue weighted by Crippen LogP contribution is 2.29. The van der Waals surface area contributed by atoms with Gasteiger partial charge in [0.1, 0.15) is 5.82 Å². The van der Waals surface area contributed by atoms with Crippen LogP contribution in [0.15, 0.2) is 54.6 Å². The summed E-state index contributed by atoms with van der Waals surface area (Å²) < 4.78 is 13.0. The third-order valence-electron chi connectivity index (χ3n) is 3.35. The summed E-state index contributed by atoms with van der Waals surface area (Å²) in [6, 6.07) is 17.2. The van der Waals surface area contributed by atoms with E-state index in [-0.39, 0.29) is 5.82 Å². The third kappa shape index (κ3) is 4.07. The second kappa shape index (κ2) is 7.30. The summed E-state index contributed by atoms with van der Waals surface area (Å²) in [6.07, 6.45) is 3.15. The number of alkyl halides is 1. The predicted octanol–water partition coefficient (Wildman–Crippen LogP) is 5.37. The molecule has 0 aliphatic heterocycles. The van der Waals surface area contributed by atoms with Gasteiger partial charge < -0.3 is 0 Å². The monoisotopic (exact) mass is 276 g/mol. The van der Waals surface area contributed by atoms with E-state index in [1.807, 2.05) is 30.3 Å². The van der Waals surface area contributed by atoms with Crippen LogP contribution in [0.2, 0.25) is 0 Å². The van der Waals surface area contributed by atoms with Gasteiger partial charge in [0.25, 0.3) is 0 Å². The molecule has 0 aromatic heterocycles. The van der Waals surface area contributed by atoms with E-state index in [1.54, 1.807) is 0 Å². The lowest BCUT2D eigenvalue weighted by atomic mass is 9.87. The summed E-state index contributed by atoms with van der Waals surface area (Å²) in [5.41, 5.74) is 2.45. The molecule has 0 amide bonds. The van der Waals surface area contributed by atoms with Crippen molar-refractivity contribution < 1.29 is 4.39 Å². The molecule has 0 fully saturated rings. The quantitative estimate of drug-likeness (QED) is 0.492. The van der Waals surface area contributed by atoms with E-state index in [2.05, 4.69) is 12.1 Å². The van der Waals surface area contributed by atoms with Crippen molar-refractivity contribution in [3.63, 3.8) is 0 Å². The Kier molecular flexibility index (Phi) is 5.41. The van der Waals surface area contributed by atoms with E-state index in [9.17, 15) is 4.39 Å². The maximum Gasteiger partial charge on any atom is 0.123 e. The minimum Gasteiger partial charge on any atom is -0.207 e. The van der Waals surface area contributed by atoms with Gasteiger partial charge in [-0.3, -0.25) is 0 Å². The Bertz CT molecular complexity index is 478. The lowest BCUT2D eigenvalue weighted by Crippen LogP contribution is -2.01. The average Bonchev–Trinajstić information content (AvgIpc) is 2.46. The van der Waals surface area contributed by atoms with Crippen LogP contribution in [-0.2, 0) is 0 Å². The van der Waals surface area contributed by atoms with Crippen LogP contribution in [0, 0.1) is 5.82 Å². The first-order valence-corrected chi connectivity index (χ1v) is 7.21. The van der Waals surface area contributed by atoms with E-state index in [0.29, 0.717) is 11.8 Å². The molecular weight excluding hydrogens is 259 g/mol. The summed E-state index contributed by atoms with van der Waals surface area (Å²) in [7, 11) is 0. The molecule has 0 spiro atoms. The van der Waals surface area contributed by atoms with Crippen LogP contribution >= 0.6 is 11.6 Å². The van der Waals surface area contributed by atoms with Crippen molar-refractivity contribution >= 4 is 11.6 Å². The van der Waals surface area contributed by atoms with Crippen molar-refractivity contribution in [2.24, 2.45) is 0 Å². The third-order valence-corrected chi connectivity index (χ3v) is 3.62. The first-order chi connectivity index (χ1) is 9.31. The second-order valence-electron chi connectivity index (χ2n) is 4.70. The molecular formula is C17H18ClF. The molecule has 0 saturated carbocycles. The Morgan fingerprint density at radius 1 is 0.842 bits per heavy atom. The van der Waals surface area contributed by atoms with Crippen molar-refractivity contribution in [1.29, 1.82) is 0 Å². The molecule has 0 aliphatic rings. The molecule has 1 unspecified atom stereocenters. The number of unbranched alkanes of at least 4 members (excludes halogenated alkanes) is 1. The molecule has 0 aliphatic carbocycles. The predicted molar refractivity (Wildman–Crippen MR) is 79.3 cm³/mol. The zero-order chi connectivity index (χ0) is 13.5. The van der Waals surface area contributed by atoms with Gasteiger partial charge in [-0.1, -0.05) is 48.9 Å². The van der Waals surface area contributed by atoms with E-state index in [4.69, 9.17) is 11.6 Å². The Balaban J connectivity index is 2.21. The summed E-state index contributed by atoms with van der Waals surface area (Å²) in [5, 5.41) is 0. The molecule has 100 valence electrons. The number of hydrogen-bond donors (Lipinski definition) is 0. The van der Waals surface area contributed by atoms with Crippen molar-refractivity contribution in [3.05, 3.63) is 71.5 Å². The van der Waals surface area contributed by atoms with Crippen molar-refractivity contribution in [3.8, 4) is 0 Å². The van der Waals surface area contributed by atoms with Gasteiger partial charge in [-0.15, -0.1) is 11.6 Å². The van der Waals surface area contributed by atoms with E-state index in [1.165, 1.54) is 23.3 Å². The van der Waals surface area contributed by atoms with Crippen LogP contribution in [0.25, 0.3) is 0 Å². The highest BCUT2D eigenvalue weighted by Gasteiger charge is 2.13. The smallest absolute Gasteiger partial charge is 0.123 e. The molecule has 0 heterocycles. The Labute approximate surface area is 119 Å². The molecule has 0 N–H and O–H groups in total. The van der Waals surface area contributed by atoms with Gasteiger partial charge in [0.2, 0.25) is 0 Å². The summed E-state index contributed by atoms with van der Waals surface area (Å²) >= 11 is 5.75. The average molecular weight is 277 g/mol. The minimum absolute atomic E-state index is 0.184. The maximum atomic E-state index is 13.0. The molecule has 0 radical (unpaired) electrons. The van der Waals surface area contributed by atoms with Crippen molar-refractivity contribution in [2.45, 2.75) is 25.2 Å². The summed E-state index contributed by atoms with van der Waals surface area (Å²) in [4.78, 5) is 0.